The van der Waals surface area contributed by atoms with Crippen LogP contribution in [-0.2, 0) is 10.0 Å². The third kappa shape index (κ3) is 3.94. The lowest BCUT2D eigenvalue weighted by Gasteiger charge is -2.34. The Labute approximate surface area is 191 Å². The summed E-state index contributed by atoms with van der Waals surface area (Å²) in [5, 5.41) is 24.4. The van der Waals surface area contributed by atoms with Crippen LogP contribution in [0.25, 0.3) is 16.6 Å². The predicted octanol–water partition coefficient (Wildman–Crippen LogP) is 1.73. The first-order valence-corrected chi connectivity index (χ1v) is 12.1. The van der Waals surface area contributed by atoms with E-state index in [4.69, 9.17) is 10.5 Å². The van der Waals surface area contributed by atoms with Crippen LogP contribution in [0.2, 0.25) is 0 Å². The van der Waals surface area contributed by atoms with Gasteiger partial charge in [0.25, 0.3) is 0 Å². The molecule has 0 atom stereocenters. The average Bonchev–Trinajstić information content (AvgIpc) is 3.32. The van der Waals surface area contributed by atoms with Crippen molar-refractivity contribution in [2.24, 2.45) is 5.14 Å². The van der Waals surface area contributed by atoms with Crippen molar-refractivity contribution in [2.45, 2.75) is 4.90 Å². The molecular formula is C22H25N7O3S. The number of H-pyrrole nitrogens is 1. The Kier molecular flexibility index (Phi) is 5.11. The van der Waals surface area contributed by atoms with Crippen molar-refractivity contribution in [1.29, 1.82) is 5.41 Å². The van der Waals surface area contributed by atoms with Crippen LogP contribution in [0.1, 0.15) is 5.82 Å². The van der Waals surface area contributed by atoms with Crippen LogP contribution in [0.4, 0.5) is 11.4 Å². The molecule has 1 saturated heterocycles. The van der Waals surface area contributed by atoms with Crippen molar-refractivity contribution < 1.29 is 13.5 Å². The second-order valence-electron chi connectivity index (χ2n) is 8.37. The number of nitrogens with one attached hydrogen (secondary N) is 2. The summed E-state index contributed by atoms with van der Waals surface area (Å²) >= 11 is 0. The average molecular weight is 468 g/mol. The smallest absolute Gasteiger partial charge is 0.238 e. The number of amidine groups is 1. The van der Waals surface area contributed by atoms with E-state index in [0.29, 0.717) is 17.1 Å². The number of primary sulfonamides is 1. The SMILES string of the molecule is CN1CCN(c2ccc3nc(C4=C(O)CN(c5ccc(S(N)(=O)=O)cc5)C4=N)[nH]c3c2)CC1. The summed E-state index contributed by atoms with van der Waals surface area (Å²) in [7, 11) is -1.68. The molecule has 0 amide bonds. The molecule has 3 heterocycles. The number of aromatic nitrogens is 2. The number of sulfonamides is 1. The van der Waals surface area contributed by atoms with Crippen LogP contribution in [-0.4, -0.2) is 74.0 Å². The number of nitrogens with two attached hydrogens (primary N) is 1. The molecule has 10 nitrogen and oxygen atoms in total. The van der Waals surface area contributed by atoms with Crippen molar-refractivity contribution in [1.82, 2.24) is 14.9 Å². The molecule has 0 unspecified atom stereocenters. The summed E-state index contributed by atoms with van der Waals surface area (Å²) in [6, 6.07) is 11.9. The highest BCUT2D eigenvalue weighted by atomic mass is 32.2. The zero-order valence-corrected chi connectivity index (χ0v) is 18.9. The van der Waals surface area contributed by atoms with Crippen LogP contribution in [0.5, 0.6) is 0 Å². The maximum absolute atomic E-state index is 11.5. The van der Waals surface area contributed by atoms with Crippen LogP contribution >= 0.6 is 0 Å². The number of nitrogens with zero attached hydrogens (tertiary/aromatic N) is 4. The number of anilines is 2. The Morgan fingerprint density at radius 3 is 2.39 bits per heavy atom. The lowest BCUT2D eigenvalue weighted by Crippen LogP contribution is -2.44. The number of aliphatic hydroxyl groups excluding tert-OH is 1. The zero-order chi connectivity index (χ0) is 23.3. The maximum atomic E-state index is 11.5. The zero-order valence-electron chi connectivity index (χ0n) is 18.1. The summed E-state index contributed by atoms with van der Waals surface area (Å²) in [5.74, 6) is 0.523. The van der Waals surface area contributed by atoms with Gasteiger partial charge in [0.05, 0.1) is 28.0 Å². The van der Waals surface area contributed by atoms with Gasteiger partial charge in [0.1, 0.15) is 17.4 Å². The van der Waals surface area contributed by atoms with Gasteiger partial charge >= 0.3 is 0 Å². The number of imidazole rings is 1. The van der Waals surface area contributed by atoms with Gasteiger partial charge in [-0.1, -0.05) is 0 Å². The predicted molar refractivity (Wildman–Crippen MR) is 128 cm³/mol. The fourth-order valence-corrected chi connectivity index (χ4v) is 4.76. The molecule has 172 valence electrons. The van der Waals surface area contributed by atoms with E-state index in [9.17, 15) is 13.5 Å². The van der Waals surface area contributed by atoms with Gasteiger partial charge in [0.2, 0.25) is 10.0 Å². The topological polar surface area (TPSA) is 143 Å². The van der Waals surface area contributed by atoms with Crippen LogP contribution < -0.4 is 14.9 Å². The van der Waals surface area contributed by atoms with Gasteiger partial charge in [-0.05, 0) is 49.5 Å². The molecule has 5 rings (SSSR count). The molecule has 5 N–H and O–H groups in total. The summed E-state index contributed by atoms with van der Waals surface area (Å²) in [5.41, 5.74) is 3.60. The van der Waals surface area contributed by atoms with Crippen molar-refractivity contribution in [3.05, 3.63) is 54.0 Å². The van der Waals surface area contributed by atoms with Gasteiger partial charge in [0.15, 0.2) is 0 Å². The first-order valence-electron chi connectivity index (χ1n) is 10.6. The fourth-order valence-electron chi connectivity index (χ4n) is 4.24. The minimum atomic E-state index is -3.80. The molecule has 1 fully saturated rings. The number of aliphatic hydroxyl groups is 1. The minimum absolute atomic E-state index is 0.0113. The van der Waals surface area contributed by atoms with E-state index in [0.717, 1.165) is 42.9 Å². The van der Waals surface area contributed by atoms with Crippen LogP contribution in [0.3, 0.4) is 0 Å². The van der Waals surface area contributed by atoms with E-state index in [-0.39, 0.29) is 23.0 Å². The van der Waals surface area contributed by atoms with E-state index >= 15 is 0 Å². The van der Waals surface area contributed by atoms with Crippen LogP contribution in [0.15, 0.2) is 53.1 Å². The summed E-state index contributed by atoms with van der Waals surface area (Å²) in [4.78, 5) is 14.1. The quantitative estimate of drug-likeness (QED) is 0.458. The molecule has 0 bridgehead atoms. The van der Waals surface area contributed by atoms with Gasteiger partial charge in [-0.15, -0.1) is 0 Å². The minimum Gasteiger partial charge on any atom is -0.509 e. The van der Waals surface area contributed by atoms with Gasteiger partial charge in [0, 0.05) is 37.6 Å². The lowest BCUT2D eigenvalue weighted by molar-refractivity contribution is 0.313. The Hall–Kier alpha value is -3.41. The lowest BCUT2D eigenvalue weighted by atomic mass is 10.2. The molecule has 2 aliphatic heterocycles. The number of likely N-dealkylation sites (N-methyl/N-ethyl adjacent to an activating group) is 1. The Balaban J connectivity index is 1.41. The summed E-state index contributed by atoms with van der Waals surface area (Å²) < 4.78 is 23.0. The second kappa shape index (κ2) is 7.87. The van der Waals surface area contributed by atoms with E-state index < -0.39 is 10.0 Å². The normalized spacial score (nSPS) is 18.1. The van der Waals surface area contributed by atoms with Gasteiger partial charge in [-0.25, -0.2) is 18.5 Å². The first kappa shape index (κ1) is 21.4. The van der Waals surface area contributed by atoms with Gasteiger partial charge in [-0.2, -0.15) is 0 Å². The number of benzene rings is 2. The molecule has 0 spiro atoms. The molecule has 11 heteroatoms. The second-order valence-corrected chi connectivity index (χ2v) is 9.93. The molecule has 0 saturated carbocycles. The fraction of sp³-hybridized carbons (Fsp3) is 0.273. The summed E-state index contributed by atoms with van der Waals surface area (Å²) in [6.07, 6.45) is 0. The third-order valence-corrected chi connectivity index (χ3v) is 7.08. The highest BCUT2D eigenvalue weighted by Gasteiger charge is 2.31. The highest BCUT2D eigenvalue weighted by molar-refractivity contribution is 7.89. The van der Waals surface area contributed by atoms with E-state index in [1.165, 1.54) is 12.1 Å². The van der Waals surface area contributed by atoms with Gasteiger partial charge in [-0.3, -0.25) is 5.41 Å². The molecule has 3 aromatic rings. The molecular weight excluding hydrogens is 442 g/mol. The van der Waals surface area contributed by atoms with E-state index in [2.05, 4.69) is 32.9 Å². The molecule has 2 aromatic carbocycles. The number of aromatic amines is 1. The number of hydrogen-bond donors (Lipinski definition) is 4. The van der Waals surface area contributed by atoms with Crippen molar-refractivity contribution in [3.63, 3.8) is 0 Å². The van der Waals surface area contributed by atoms with Crippen molar-refractivity contribution in [2.75, 3.05) is 49.6 Å². The Bertz CT molecular complexity index is 1370. The Morgan fingerprint density at radius 1 is 1.06 bits per heavy atom. The van der Waals surface area contributed by atoms with Crippen molar-refractivity contribution >= 4 is 43.8 Å². The Morgan fingerprint density at radius 2 is 1.73 bits per heavy atom. The largest absolute Gasteiger partial charge is 0.509 e. The van der Waals surface area contributed by atoms with Crippen LogP contribution in [0, 0.1) is 5.41 Å². The van der Waals surface area contributed by atoms with E-state index in [1.807, 2.05) is 12.1 Å². The summed E-state index contributed by atoms with van der Waals surface area (Å²) in [6.45, 7) is 4.03. The van der Waals surface area contributed by atoms with E-state index in [1.54, 1.807) is 17.0 Å². The highest BCUT2D eigenvalue weighted by Crippen LogP contribution is 2.32. The molecule has 1 aromatic heterocycles. The third-order valence-electron chi connectivity index (χ3n) is 6.15. The molecule has 2 aliphatic rings. The molecule has 0 aliphatic carbocycles. The van der Waals surface area contributed by atoms with Crippen molar-refractivity contribution in [3.8, 4) is 0 Å². The van der Waals surface area contributed by atoms with Gasteiger partial charge < -0.3 is 24.8 Å². The number of rotatable bonds is 4. The first-order chi connectivity index (χ1) is 15.7. The number of hydrogen-bond acceptors (Lipinski definition) is 7. The maximum Gasteiger partial charge on any atom is 0.238 e. The molecule has 33 heavy (non-hydrogen) atoms. The number of piperazine rings is 1. The molecule has 0 radical (unpaired) electrons. The number of fused-ring (bicyclic) bond motifs is 1. The monoisotopic (exact) mass is 467 g/mol. The standard InChI is InChI=1S/C22H25N7O3S/c1-27-8-10-28(11-9-27)15-4-7-17-18(12-15)26-22(25-17)20-19(30)13-29(21(20)23)14-2-5-16(6-3-14)33(24,31)32/h2-7,12,23,30H,8-11,13H2,1H3,(H,25,26)(H2,24,31,32).